The third-order valence-electron chi connectivity index (χ3n) is 4.71. The van der Waals surface area contributed by atoms with Gasteiger partial charge >= 0.3 is 5.97 Å². The number of aromatic nitrogens is 1. The van der Waals surface area contributed by atoms with E-state index < -0.39 is 0 Å². The number of anilines is 1. The number of carbonyl (C=O) groups excluding carboxylic acids is 1. The Morgan fingerprint density at radius 2 is 1.64 bits per heavy atom. The third-order valence-corrected chi connectivity index (χ3v) is 4.71. The quantitative estimate of drug-likeness (QED) is 0.289. The molecule has 4 heteroatoms. The van der Waals surface area contributed by atoms with Gasteiger partial charge < -0.3 is 15.5 Å². The first kappa shape index (κ1) is 17.6. The Kier molecular flexibility index (Phi) is 4.68. The van der Waals surface area contributed by atoms with Crippen LogP contribution >= 0.6 is 0 Å². The van der Waals surface area contributed by atoms with E-state index in [2.05, 4.69) is 4.98 Å². The predicted octanol–water partition coefficient (Wildman–Crippen LogP) is 5.37. The standard InChI is InChI=1S/C24H20N2O2/c1-28-24(27)22-19-14-18(13-12-16-8-4-2-5-9-16)20(25)15-21(19)26-23(22)17-10-6-3-7-11-17/h2-15,26H,25H2,1H3/b13-12+. The second-order valence-corrected chi connectivity index (χ2v) is 6.50. The first-order chi connectivity index (χ1) is 13.7. The predicted molar refractivity (Wildman–Crippen MR) is 115 cm³/mol. The number of carbonyl (C=O) groups is 1. The SMILES string of the molecule is COC(=O)c1c(-c2ccccc2)[nH]c2cc(N)c(/C=C/c3ccccc3)cc12. The summed E-state index contributed by atoms with van der Waals surface area (Å²) in [5, 5.41) is 0.785. The van der Waals surface area contributed by atoms with Gasteiger partial charge in [0.15, 0.2) is 0 Å². The minimum Gasteiger partial charge on any atom is -0.465 e. The third kappa shape index (κ3) is 3.28. The molecule has 3 aromatic carbocycles. The van der Waals surface area contributed by atoms with Crippen molar-refractivity contribution < 1.29 is 9.53 Å². The molecule has 0 aliphatic heterocycles. The van der Waals surface area contributed by atoms with Gasteiger partial charge in [0.05, 0.1) is 18.4 Å². The number of nitrogens with two attached hydrogens (primary N) is 1. The van der Waals surface area contributed by atoms with Crippen LogP contribution in [0.4, 0.5) is 5.69 Å². The van der Waals surface area contributed by atoms with E-state index in [-0.39, 0.29) is 5.97 Å². The van der Waals surface area contributed by atoms with Crippen LogP contribution < -0.4 is 5.73 Å². The molecule has 1 aromatic heterocycles. The van der Waals surface area contributed by atoms with Gasteiger partial charge in [-0.15, -0.1) is 0 Å². The van der Waals surface area contributed by atoms with E-state index in [1.54, 1.807) is 0 Å². The van der Waals surface area contributed by atoms with Crippen molar-refractivity contribution >= 4 is 34.7 Å². The van der Waals surface area contributed by atoms with Crippen molar-refractivity contribution in [2.45, 2.75) is 0 Å². The van der Waals surface area contributed by atoms with Gasteiger partial charge in [0.2, 0.25) is 0 Å². The maximum absolute atomic E-state index is 12.6. The van der Waals surface area contributed by atoms with Crippen LogP contribution in [0.3, 0.4) is 0 Å². The highest BCUT2D eigenvalue weighted by molar-refractivity contribution is 6.11. The number of ether oxygens (including phenoxy) is 1. The number of rotatable bonds is 4. The molecule has 0 saturated heterocycles. The largest absolute Gasteiger partial charge is 0.465 e. The maximum Gasteiger partial charge on any atom is 0.340 e. The van der Waals surface area contributed by atoms with E-state index in [4.69, 9.17) is 10.5 Å². The minimum absolute atomic E-state index is 0.382. The molecule has 0 aliphatic carbocycles. The average molecular weight is 368 g/mol. The van der Waals surface area contributed by atoms with Gasteiger partial charge in [0.25, 0.3) is 0 Å². The van der Waals surface area contributed by atoms with Gasteiger partial charge in [-0.05, 0) is 28.8 Å². The van der Waals surface area contributed by atoms with E-state index in [1.165, 1.54) is 7.11 Å². The second-order valence-electron chi connectivity index (χ2n) is 6.50. The molecule has 0 atom stereocenters. The highest BCUT2D eigenvalue weighted by Gasteiger charge is 2.21. The molecule has 0 amide bonds. The molecular formula is C24H20N2O2. The number of nitrogen functional groups attached to an aromatic ring is 1. The summed E-state index contributed by atoms with van der Waals surface area (Å²) in [7, 11) is 1.39. The van der Waals surface area contributed by atoms with Crippen molar-refractivity contribution in [1.29, 1.82) is 0 Å². The van der Waals surface area contributed by atoms with E-state index in [0.717, 1.165) is 33.3 Å². The number of hydrogen-bond acceptors (Lipinski definition) is 3. The van der Waals surface area contributed by atoms with Crippen molar-refractivity contribution in [1.82, 2.24) is 4.98 Å². The fraction of sp³-hybridized carbons (Fsp3) is 0.0417. The van der Waals surface area contributed by atoms with E-state index in [0.29, 0.717) is 11.3 Å². The van der Waals surface area contributed by atoms with Gasteiger partial charge in [-0.25, -0.2) is 4.79 Å². The molecule has 0 spiro atoms. The molecule has 4 rings (SSSR count). The van der Waals surface area contributed by atoms with Crippen molar-refractivity contribution in [3.8, 4) is 11.3 Å². The fourth-order valence-corrected chi connectivity index (χ4v) is 3.31. The Bertz CT molecular complexity index is 1160. The Morgan fingerprint density at radius 1 is 0.964 bits per heavy atom. The molecule has 4 nitrogen and oxygen atoms in total. The number of aromatic amines is 1. The van der Waals surface area contributed by atoms with Crippen molar-refractivity contribution in [2.24, 2.45) is 0 Å². The number of benzene rings is 3. The van der Waals surface area contributed by atoms with Crippen LogP contribution in [0.2, 0.25) is 0 Å². The van der Waals surface area contributed by atoms with E-state index in [9.17, 15) is 4.79 Å². The highest BCUT2D eigenvalue weighted by Crippen LogP contribution is 2.34. The van der Waals surface area contributed by atoms with Crippen LogP contribution in [-0.4, -0.2) is 18.1 Å². The zero-order valence-electron chi connectivity index (χ0n) is 15.5. The number of hydrogen-bond donors (Lipinski definition) is 2. The zero-order chi connectivity index (χ0) is 19.5. The van der Waals surface area contributed by atoms with Crippen LogP contribution in [0.5, 0.6) is 0 Å². The van der Waals surface area contributed by atoms with Crippen LogP contribution in [0.25, 0.3) is 34.3 Å². The van der Waals surface area contributed by atoms with Gasteiger partial charge in [-0.3, -0.25) is 0 Å². The Balaban J connectivity index is 1.88. The van der Waals surface area contributed by atoms with Crippen molar-refractivity contribution in [3.63, 3.8) is 0 Å². The molecule has 0 unspecified atom stereocenters. The molecule has 0 fully saturated rings. The van der Waals surface area contributed by atoms with Gasteiger partial charge in [-0.1, -0.05) is 72.8 Å². The molecule has 0 bridgehead atoms. The fourth-order valence-electron chi connectivity index (χ4n) is 3.31. The normalized spacial score (nSPS) is 11.2. The lowest BCUT2D eigenvalue weighted by Crippen LogP contribution is -2.02. The Morgan fingerprint density at radius 3 is 2.32 bits per heavy atom. The van der Waals surface area contributed by atoms with Crippen LogP contribution in [0, 0.1) is 0 Å². The summed E-state index contributed by atoms with van der Waals surface area (Å²) in [5.74, 6) is -0.382. The molecule has 0 radical (unpaired) electrons. The second kappa shape index (κ2) is 7.45. The van der Waals surface area contributed by atoms with E-state index >= 15 is 0 Å². The number of H-pyrrole nitrogens is 1. The number of methoxy groups -OCH3 is 1. The maximum atomic E-state index is 12.6. The highest BCUT2D eigenvalue weighted by atomic mass is 16.5. The topological polar surface area (TPSA) is 68.1 Å². The summed E-state index contributed by atoms with van der Waals surface area (Å²) < 4.78 is 5.06. The monoisotopic (exact) mass is 368 g/mol. The zero-order valence-corrected chi connectivity index (χ0v) is 15.5. The van der Waals surface area contributed by atoms with Crippen LogP contribution in [-0.2, 0) is 4.74 Å². The lowest BCUT2D eigenvalue weighted by molar-refractivity contribution is 0.0604. The van der Waals surface area contributed by atoms with Gasteiger partial charge in [0.1, 0.15) is 0 Å². The van der Waals surface area contributed by atoms with Crippen molar-refractivity contribution in [3.05, 3.63) is 89.5 Å². The Hall–Kier alpha value is -3.79. The average Bonchev–Trinajstić information content (AvgIpc) is 3.11. The summed E-state index contributed by atoms with van der Waals surface area (Å²) in [6.07, 6.45) is 3.96. The lowest BCUT2D eigenvalue weighted by Gasteiger charge is -2.04. The molecule has 0 saturated carbocycles. The smallest absolute Gasteiger partial charge is 0.340 e. The summed E-state index contributed by atoms with van der Waals surface area (Å²) in [5.41, 5.74) is 11.8. The molecule has 1 heterocycles. The summed E-state index contributed by atoms with van der Waals surface area (Å²) in [4.78, 5) is 15.9. The van der Waals surface area contributed by atoms with Gasteiger partial charge in [0, 0.05) is 16.6 Å². The number of nitrogens with one attached hydrogen (secondary N) is 1. The minimum atomic E-state index is -0.382. The van der Waals surface area contributed by atoms with E-state index in [1.807, 2.05) is 84.9 Å². The van der Waals surface area contributed by atoms with Crippen molar-refractivity contribution in [2.75, 3.05) is 12.8 Å². The summed E-state index contributed by atoms with van der Waals surface area (Å²) in [6, 6.07) is 23.5. The molecular weight excluding hydrogens is 348 g/mol. The van der Waals surface area contributed by atoms with Crippen LogP contribution in [0.1, 0.15) is 21.5 Å². The first-order valence-corrected chi connectivity index (χ1v) is 8.99. The molecule has 138 valence electrons. The molecule has 3 N–H and O–H groups in total. The first-order valence-electron chi connectivity index (χ1n) is 8.99. The number of esters is 1. The lowest BCUT2D eigenvalue weighted by atomic mass is 10.0. The van der Waals surface area contributed by atoms with Gasteiger partial charge in [-0.2, -0.15) is 0 Å². The molecule has 28 heavy (non-hydrogen) atoms. The summed E-state index contributed by atoms with van der Waals surface area (Å²) >= 11 is 0. The summed E-state index contributed by atoms with van der Waals surface area (Å²) in [6.45, 7) is 0. The number of fused-ring (bicyclic) bond motifs is 1. The van der Waals surface area contributed by atoms with Crippen LogP contribution in [0.15, 0.2) is 72.8 Å². The molecule has 0 aliphatic rings. The Labute approximate surface area is 163 Å². The molecule has 4 aromatic rings.